The van der Waals surface area contributed by atoms with Crippen LogP contribution in [0.4, 0.5) is 10.5 Å². The molecule has 3 aromatic rings. The molecule has 2 aromatic carbocycles. The van der Waals surface area contributed by atoms with Crippen molar-refractivity contribution in [1.29, 1.82) is 0 Å². The molecule has 0 aliphatic heterocycles. The van der Waals surface area contributed by atoms with Gasteiger partial charge in [0, 0.05) is 30.2 Å². The smallest absolute Gasteiger partial charge is 0.406 e. The molecule has 0 radical (unpaired) electrons. The van der Waals surface area contributed by atoms with Gasteiger partial charge in [-0.1, -0.05) is 36.4 Å². The van der Waals surface area contributed by atoms with Crippen LogP contribution in [0.5, 0.6) is 0 Å². The number of amides is 2. The van der Waals surface area contributed by atoms with Gasteiger partial charge < -0.3 is 15.0 Å². The Labute approximate surface area is 169 Å². The predicted octanol–water partition coefficient (Wildman–Crippen LogP) is 3.75. The van der Waals surface area contributed by atoms with E-state index < -0.39 is 6.09 Å². The van der Waals surface area contributed by atoms with E-state index in [-0.39, 0.29) is 5.91 Å². The summed E-state index contributed by atoms with van der Waals surface area (Å²) in [7, 11) is 1.32. The highest BCUT2D eigenvalue weighted by Crippen LogP contribution is 2.23. The molecule has 7 nitrogen and oxygen atoms in total. The molecule has 0 saturated heterocycles. The number of nitrogens with one attached hydrogen (secondary N) is 2. The second-order valence-corrected chi connectivity index (χ2v) is 6.54. The molecule has 1 heterocycles. The van der Waals surface area contributed by atoms with Crippen molar-refractivity contribution in [1.82, 2.24) is 15.5 Å². The van der Waals surface area contributed by atoms with Crippen LogP contribution in [-0.2, 0) is 9.53 Å². The number of para-hydroxylation sites is 2. The van der Waals surface area contributed by atoms with E-state index in [4.69, 9.17) is 0 Å². The number of H-pyrrole nitrogens is 1. The first-order valence-electron chi connectivity index (χ1n) is 9.40. The van der Waals surface area contributed by atoms with Crippen molar-refractivity contribution >= 4 is 34.2 Å². The van der Waals surface area contributed by atoms with E-state index in [0.717, 1.165) is 27.9 Å². The molecule has 29 heavy (non-hydrogen) atoms. The topological polar surface area (TPSA) is 87.3 Å². The number of aromatic nitrogens is 2. The number of fused-ring (bicyclic) bond motifs is 1. The number of anilines is 1. The van der Waals surface area contributed by atoms with Crippen molar-refractivity contribution in [3.8, 4) is 0 Å². The molecular weight excluding hydrogens is 368 g/mol. The van der Waals surface area contributed by atoms with Gasteiger partial charge in [-0.3, -0.25) is 9.89 Å². The minimum atomic E-state index is -0.483. The van der Waals surface area contributed by atoms with E-state index in [1.807, 2.05) is 61.5 Å². The molecule has 1 aromatic heterocycles. The monoisotopic (exact) mass is 392 g/mol. The Hall–Kier alpha value is -3.61. The van der Waals surface area contributed by atoms with Gasteiger partial charge in [0.2, 0.25) is 0 Å². The van der Waals surface area contributed by atoms with E-state index in [2.05, 4.69) is 20.3 Å². The van der Waals surface area contributed by atoms with Gasteiger partial charge in [0.1, 0.15) is 0 Å². The third-order valence-corrected chi connectivity index (χ3v) is 4.53. The molecule has 2 N–H and O–H groups in total. The first kappa shape index (κ1) is 20.1. The Morgan fingerprint density at radius 3 is 2.62 bits per heavy atom. The van der Waals surface area contributed by atoms with Gasteiger partial charge >= 0.3 is 6.09 Å². The lowest BCUT2D eigenvalue weighted by Gasteiger charge is -2.22. The minimum absolute atomic E-state index is 0.140. The zero-order valence-corrected chi connectivity index (χ0v) is 16.5. The predicted molar refractivity (Wildman–Crippen MR) is 114 cm³/mol. The normalized spacial score (nSPS) is 11.3. The van der Waals surface area contributed by atoms with E-state index in [0.29, 0.717) is 19.5 Å². The summed E-state index contributed by atoms with van der Waals surface area (Å²) in [4.78, 5) is 26.0. The van der Waals surface area contributed by atoms with E-state index in [9.17, 15) is 9.59 Å². The van der Waals surface area contributed by atoms with Gasteiger partial charge in [-0.05, 0) is 37.1 Å². The Balaban J connectivity index is 1.78. The number of nitrogens with zero attached hydrogens (tertiary/aromatic N) is 2. The van der Waals surface area contributed by atoms with Crippen molar-refractivity contribution in [3.05, 3.63) is 66.4 Å². The Kier molecular flexibility index (Phi) is 6.63. The van der Waals surface area contributed by atoms with Crippen LogP contribution in [-0.4, -0.2) is 42.4 Å². The number of methoxy groups -OCH3 is 1. The number of hydrogen-bond acceptors (Lipinski definition) is 4. The van der Waals surface area contributed by atoms with Crippen LogP contribution in [0.15, 0.2) is 60.7 Å². The maximum atomic E-state index is 13.1. The van der Waals surface area contributed by atoms with Crippen LogP contribution < -0.4 is 10.2 Å². The molecule has 0 saturated carbocycles. The number of carbonyl (C=O) groups excluding carboxylic acids is 2. The van der Waals surface area contributed by atoms with E-state index >= 15 is 0 Å². The Bertz CT molecular complexity index is 1010. The van der Waals surface area contributed by atoms with Gasteiger partial charge in [0.05, 0.1) is 18.3 Å². The third-order valence-electron chi connectivity index (χ3n) is 4.53. The Morgan fingerprint density at radius 2 is 1.86 bits per heavy atom. The van der Waals surface area contributed by atoms with Crippen LogP contribution >= 0.6 is 0 Å². The Morgan fingerprint density at radius 1 is 1.14 bits per heavy atom. The van der Waals surface area contributed by atoms with Crippen molar-refractivity contribution in [2.24, 2.45) is 0 Å². The maximum Gasteiger partial charge on any atom is 0.406 e. The number of hydrogen-bond donors (Lipinski definition) is 2. The summed E-state index contributed by atoms with van der Waals surface area (Å²) in [5, 5.41) is 11.0. The maximum absolute atomic E-state index is 13.1. The molecule has 0 atom stereocenters. The highest BCUT2D eigenvalue weighted by atomic mass is 16.5. The molecular formula is C22H24N4O3. The third kappa shape index (κ3) is 5.01. The number of benzene rings is 2. The zero-order valence-electron chi connectivity index (χ0n) is 16.5. The lowest BCUT2D eigenvalue weighted by Crippen LogP contribution is -2.33. The average molecular weight is 392 g/mol. The molecule has 3 rings (SSSR count). The van der Waals surface area contributed by atoms with Gasteiger partial charge in [0.25, 0.3) is 5.91 Å². The van der Waals surface area contributed by atoms with Crippen LogP contribution in [0.25, 0.3) is 16.5 Å². The fourth-order valence-corrected chi connectivity index (χ4v) is 3.07. The summed E-state index contributed by atoms with van der Waals surface area (Å²) in [5.74, 6) is -0.140. The fraction of sp³-hybridized carbons (Fsp3) is 0.227. The van der Waals surface area contributed by atoms with Crippen LogP contribution in [0, 0.1) is 0 Å². The van der Waals surface area contributed by atoms with E-state index in [1.165, 1.54) is 7.11 Å². The summed E-state index contributed by atoms with van der Waals surface area (Å²) in [6.45, 7) is 2.75. The van der Waals surface area contributed by atoms with Crippen molar-refractivity contribution in [2.75, 3.05) is 25.1 Å². The summed E-state index contributed by atoms with van der Waals surface area (Å²) in [6, 6.07) is 17.3. The van der Waals surface area contributed by atoms with E-state index in [1.54, 1.807) is 11.0 Å². The molecule has 0 unspecified atom stereocenters. The van der Waals surface area contributed by atoms with Gasteiger partial charge in [0.15, 0.2) is 0 Å². The number of carbonyl (C=O) groups is 2. The van der Waals surface area contributed by atoms with Crippen LogP contribution in [0.1, 0.15) is 19.0 Å². The number of aromatic amines is 1. The molecule has 0 spiro atoms. The SMILES string of the molecule is COC(=O)NCCCN(C(=O)/C=C(\C)c1n[nH]c2ccccc12)c1ccccc1. The quantitative estimate of drug-likeness (QED) is 0.474. The molecule has 0 fully saturated rings. The molecule has 0 bridgehead atoms. The lowest BCUT2D eigenvalue weighted by atomic mass is 10.1. The standard InChI is InChI=1S/C22H24N4O3/c1-16(21-18-11-6-7-12-19(18)24-25-21)15-20(27)26(17-9-4-3-5-10-17)14-8-13-23-22(28)29-2/h3-7,9-12,15H,8,13-14H2,1-2H3,(H,23,28)(H,24,25)/b16-15+. The second-order valence-electron chi connectivity index (χ2n) is 6.54. The molecule has 150 valence electrons. The first-order valence-corrected chi connectivity index (χ1v) is 9.40. The zero-order chi connectivity index (χ0) is 20.6. The van der Waals surface area contributed by atoms with Crippen LogP contribution in [0.3, 0.4) is 0 Å². The molecule has 0 aliphatic rings. The lowest BCUT2D eigenvalue weighted by molar-refractivity contribution is -0.114. The second kappa shape index (κ2) is 9.54. The first-order chi connectivity index (χ1) is 14.1. The van der Waals surface area contributed by atoms with Crippen LogP contribution in [0.2, 0.25) is 0 Å². The highest BCUT2D eigenvalue weighted by molar-refractivity contribution is 6.06. The summed E-state index contributed by atoms with van der Waals surface area (Å²) in [6.07, 6.45) is 1.71. The number of rotatable bonds is 7. The van der Waals surface area contributed by atoms with Gasteiger partial charge in [-0.15, -0.1) is 0 Å². The van der Waals surface area contributed by atoms with Crippen molar-refractivity contribution in [3.63, 3.8) is 0 Å². The largest absolute Gasteiger partial charge is 0.453 e. The molecule has 7 heteroatoms. The molecule has 2 amide bonds. The van der Waals surface area contributed by atoms with Gasteiger partial charge in [-0.2, -0.15) is 5.10 Å². The van der Waals surface area contributed by atoms with Crippen molar-refractivity contribution in [2.45, 2.75) is 13.3 Å². The summed E-state index contributed by atoms with van der Waals surface area (Å²) < 4.78 is 4.57. The average Bonchev–Trinajstić information content (AvgIpc) is 3.18. The number of ether oxygens (including phenoxy) is 1. The van der Waals surface area contributed by atoms with Crippen molar-refractivity contribution < 1.29 is 14.3 Å². The van der Waals surface area contributed by atoms with Gasteiger partial charge in [-0.25, -0.2) is 4.79 Å². The summed E-state index contributed by atoms with van der Waals surface area (Å²) in [5.41, 5.74) is 3.26. The number of allylic oxidation sites excluding steroid dienone is 1. The fourth-order valence-electron chi connectivity index (χ4n) is 3.07. The number of alkyl carbamates (subject to hydrolysis) is 1. The minimum Gasteiger partial charge on any atom is -0.453 e. The highest BCUT2D eigenvalue weighted by Gasteiger charge is 2.15. The molecule has 0 aliphatic carbocycles. The summed E-state index contributed by atoms with van der Waals surface area (Å²) >= 11 is 0.